The van der Waals surface area contributed by atoms with Gasteiger partial charge in [0.2, 0.25) is 0 Å². The number of rotatable bonds is 8. The number of hydrogen-bond acceptors (Lipinski definition) is 3. The zero-order chi connectivity index (χ0) is 19.8. The number of hydrogen-bond donors (Lipinski definition) is 2. The first-order valence-electron chi connectivity index (χ1n) is 10.5. The zero-order valence-corrected chi connectivity index (χ0v) is 18.7. The molecule has 0 spiro atoms. The predicted octanol–water partition coefficient (Wildman–Crippen LogP) is 5.06. The summed E-state index contributed by atoms with van der Waals surface area (Å²) in [5, 5.41) is 19.0. The average Bonchev–Trinajstić information content (AvgIpc) is 2.83. The fraction of sp³-hybridized carbons (Fsp3) is 0.952. The van der Waals surface area contributed by atoms with Gasteiger partial charge in [-0.1, -0.05) is 26.7 Å². The summed E-state index contributed by atoms with van der Waals surface area (Å²) >= 11 is 0. The molecule has 0 bridgehead atoms. The molecule has 0 aromatic heterocycles. The van der Waals surface area contributed by atoms with Gasteiger partial charge in [0.1, 0.15) is 0 Å². The molecule has 2 unspecified atom stereocenters. The Morgan fingerprint density at radius 1 is 1.31 bits per heavy atom. The van der Waals surface area contributed by atoms with E-state index >= 15 is 0 Å². The van der Waals surface area contributed by atoms with Gasteiger partial charge < -0.3 is 14.6 Å². The molecule has 0 aromatic carbocycles. The van der Waals surface area contributed by atoms with Gasteiger partial charge in [-0.25, -0.2) is 4.79 Å². The van der Waals surface area contributed by atoms with Crippen molar-refractivity contribution in [3.63, 3.8) is 0 Å². The van der Waals surface area contributed by atoms with Crippen LogP contribution in [0.1, 0.15) is 72.1 Å². The van der Waals surface area contributed by atoms with E-state index in [1.807, 2.05) is 0 Å². The fourth-order valence-electron chi connectivity index (χ4n) is 5.77. The summed E-state index contributed by atoms with van der Waals surface area (Å²) in [6.45, 7) is 13.1. The topological polar surface area (TPSA) is 66.8 Å². The minimum absolute atomic E-state index is 0.334. The van der Waals surface area contributed by atoms with E-state index in [2.05, 4.69) is 33.5 Å². The van der Waals surface area contributed by atoms with Crippen LogP contribution in [0.3, 0.4) is 0 Å². The Kier molecular flexibility index (Phi) is 6.67. The van der Waals surface area contributed by atoms with E-state index in [9.17, 15) is 9.90 Å². The van der Waals surface area contributed by atoms with Crippen molar-refractivity contribution in [2.24, 2.45) is 23.2 Å². The Balaban J connectivity index is 1.97. The van der Waals surface area contributed by atoms with Crippen molar-refractivity contribution in [3.05, 3.63) is 0 Å². The number of aliphatic hydroxyl groups is 1. The molecule has 4 nitrogen and oxygen atoms in total. The van der Waals surface area contributed by atoms with Crippen LogP contribution in [0.2, 0.25) is 19.6 Å². The maximum Gasteiger partial charge on any atom is 0.335 e. The van der Waals surface area contributed by atoms with Crippen molar-refractivity contribution in [1.29, 1.82) is 0 Å². The second-order valence-corrected chi connectivity index (χ2v) is 14.9. The highest BCUT2D eigenvalue weighted by molar-refractivity contribution is 6.69. The highest BCUT2D eigenvalue weighted by Gasteiger charge is 2.53. The summed E-state index contributed by atoms with van der Waals surface area (Å²) in [6.07, 6.45) is 8.85. The number of carboxylic acids is 1. The Morgan fingerprint density at radius 3 is 2.54 bits per heavy atom. The van der Waals surface area contributed by atoms with Gasteiger partial charge in [-0.2, -0.15) is 0 Å². The van der Waals surface area contributed by atoms with Gasteiger partial charge >= 0.3 is 5.97 Å². The lowest BCUT2D eigenvalue weighted by molar-refractivity contribution is -0.157. The summed E-state index contributed by atoms with van der Waals surface area (Å²) in [4.78, 5) is 11.1. The molecule has 26 heavy (non-hydrogen) atoms. The van der Waals surface area contributed by atoms with Crippen molar-refractivity contribution >= 4 is 14.3 Å². The first kappa shape index (κ1) is 21.9. The van der Waals surface area contributed by atoms with Gasteiger partial charge in [0.25, 0.3) is 0 Å². The second kappa shape index (κ2) is 7.92. The lowest BCUT2D eigenvalue weighted by Crippen LogP contribution is -2.46. The normalized spacial score (nSPS) is 35.6. The van der Waals surface area contributed by atoms with E-state index in [4.69, 9.17) is 9.53 Å². The number of carboxylic acid groups (broad SMARTS) is 1. The summed E-state index contributed by atoms with van der Waals surface area (Å²) < 4.78 is 6.58. The number of carbonyl (C=O) groups is 1. The molecular weight excluding hydrogens is 344 g/mol. The van der Waals surface area contributed by atoms with E-state index in [0.717, 1.165) is 12.8 Å². The molecule has 2 saturated carbocycles. The van der Waals surface area contributed by atoms with Gasteiger partial charge in [0.05, 0.1) is 0 Å². The van der Waals surface area contributed by atoms with Gasteiger partial charge in [0.15, 0.2) is 13.9 Å². The molecule has 2 aliphatic rings. The van der Waals surface area contributed by atoms with E-state index in [0.29, 0.717) is 35.7 Å². The van der Waals surface area contributed by atoms with Crippen LogP contribution in [0.4, 0.5) is 0 Å². The molecule has 0 heterocycles. The van der Waals surface area contributed by atoms with E-state index in [1.54, 1.807) is 0 Å². The van der Waals surface area contributed by atoms with Crippen LogP contribution in [0.25, 0.3) is 0 Å². The van der Waals surface area contributed by atoms with Gasteiger partial charge in [0, 0.05) is 6.10 Å². The fourth-order valence-corrected chi connectivity index (χ4v) is 6.96. The van der Waals surface area contributed by atoms with Crippen LogP contribution < -0.4 is 0 Å². The molecule has 2 N–H and O–H groups in total. The van der Waals surface area contributed by atoms with Crippen LogP contribution in [-0.2, 0) is 9.22 Å². The monoisotopic (exact) mass is 384 g/mol. The first-order chi connectivity index (χ1) is 11.9. The van der Waals surface area contributed by atoms with Crippen molar-refractivity contribution in [1.82, 2.24) is 0 Å². The smallest absolute Gasteiger partial charge is 0.335 e. The SMILES string of the molecule is C[C@H](CCC[C@@](C)(O)C(=O)O)[C@H]1CCC2C(O[Si](C)(C)C)CCC[C@]21C. The van der Waals surface area contributed by atoms with Crippen molar-refractivity contribution in [2.75, 3.05) is 0 Å². The maximum atomic E-state index is 11.1. The summed E-state index contributed by atoms with van der Waals surface area (Å²) in [5.41, 5.74) is -1.24. The lowest BCUT2D eigenvalue weighted by Gasteiger charge is -2.48. The van der Waals surface area contributed by atoms with Crippen LogP contribution in [0.15, 0.2) is 0 Å². The van der Waals surface area contributed by atoms with Crippen LogP contribution in [-0.4, -0.2) is 36.2 Å². The quantitative estimate of drug-likeness (QED) is 0.574. The van der Waals surface area contributed by atoms with Crippen molar-refractivity contribution in [3.8, 4) is 0 Å². The van der Waals surface area contributed by atoms with Gasteiger partial charge in [-0.15, -0.1) is 0 Å². The van der Waals surface area contributed by atoms with Crippen LogP contribution in [0.5, 0.6) is 0 Å². The summed E-state index contributed by atoms with van der Waals surface area (Å²) in [6, 6.07) is 0. The minimum atomic E-state index is -1.59. The molecule has 152 valence electrons. The van der Waals surface area contributed by atoms with Crippen molar-refractivity contribution in [2.45, 2.75) is 103 Å². The van der Waals surface area contributed by atoms with Crippen molar-refractivity contribution < 1.29 is 19.4 Å². The maximum absolute atomic E-state index is 11.1. The predicted molar refractivity (Wildman–Crippen MR) is 108 cm³/mol. The molecule has 2 fully saturated rings. The molecule has 0 aliphatic heterocycles. The largest absolute Gasteiger partial charge is 0.479 e. The third-order valence-corrected chi connectivity index (χ3v) is 8.12. The minimum Gasteiger partial charge on any atom is -0.479 e. The number of fused-ring (bicyclic) bond motifs is 1. The highest BCUT2D eigenvalue weighted by Crippen LogP contribution is 2.59. The molecule has 2 aliphatic carbocycles. The Bertz CT molecular complexity index is 499. The van der Waals surface area contributed by atoms with E-state index in [-0.39, 0.29) is 0 Å². The summed E-state index contributed by atoms with van der Waals surface area (Å²) in [5.74, 6) is 0.824. The lowest BCUT2D eigenvalue weighted by atomic mass is 9.61. The van der Waals surface area contributed by atoms with E-state index < -0.39 is 19.9 Å². The molecule has 0 radical (unpaired) electrons. The molecule has 6 atom stereocenters. The molecular formula is C21H40O4Si. The molecule has 0 saturated heterocycles. The molecule has 0 aromatic rings. The third kappa shape index (κ3) is 4.90. The third-order valence-electron chi connectivity index (χ3n) is 7.11. The van der Waals surface area contributed by atoms with E-state index in [1.165, 1.54) is 39.0 Å². The standard InChI is InChI=1S/C21H40O4Si/c1-15(9-7-14-21(3,24)19(22)23)16-11-12-17-18(25-26(4,5)6)10-8-13-20(16,17)2/h15-18,24H,7-14H2,1-6H3,(H,22,23)/t15-,16-,17?,18?,20+,21-/m1/s1. The molecule has 0 amide bonds. The Morgan fingerprint density at radius 2 is 1.96 bits per heavy atom. The summed E-state index contributed by atoms with van der Waals surface area (Å²) in [7, 11) is -1.52. The number of aliphatic carboxylic acids is 1. The Labute approximate surface area is 160 Å². The molecule has 5 heteroatoms. The van der Waals surface area contributed by atoms with Gasteiger partial charge in [-0.3, -0.25) is 0 Å². The average molecular weight is 385 g/mol. The zero-order valence-electron chi connectivity index (χ0n) is 17.7. The van der Waals surface area contributed by atoms with Crippen LogP contribution >= 0.6 is 0 Å². The van der Waals surface area contributed by atoms with Crippen LogP contribution in [0, 0.1) is 23.2 Å². The highest BCUT2D eigenvalue weighted by atomic mass is 28.4. The molecule has 2 rings (SSSR count). The Hall–Kier alpha value is -0.393. The first-order valence-corrected chi connectivity index (χ1v) is 13.9. The second-order valence-electron chi connectivity index (χ2n) is 10.4. The van der Waals surface area contributed by atoms with Gasteiger partial charge in [-0.05, 0) is 88.3 Å².